The fourth-order valence-electron chi connectivity index (χ4n) is 6.92. The largest absolute Gasteiger partial charge is 0.492 e. The standard InChI is InChI=1S/C29H33N9O6/c1-27(2)14-44-21-16(9-6-10-17(21)27)23(40)33-19-12-38-25(31)32-18(22-28(38,29(19,42)43)35-24(30)34-22)11-37-20(39)13-36(26(37)41)15-7-4-3-5-8-15/h3-10,18-19,22,42-43H,11-14H2,1-2H3,(H2,31,32)(H,33,40)(H3,30,34,35)/t18-,19?,22?,28?/m0/s1. The first-order chi connectivity index (χ1) is 20.8. The lowest BCUT2D eigenvalue weighted by Crippen LogP contribution is -2.78. The van der Waals surface area contributed by atoms with Crippen LogP contribution in [0, 0.1) is 0 Å². The quantitative estimate of drug-likeness (QED) is 0.174. The van der Waals surface area contributed by atoms with Gasteiger partial charge in [0.2, 0.25) is 5.79 Å². The third kappa shape index (κ3) is 3.78. The number of rotatable bonds is 5. The number of carbonyl (C=O) groups excluding carboxylic acids is 3. The molecular weight excluding hydrogens is 570 g/mol. The van der Waals surface area contributed by atoms with Gasteiger partial charge in [0.1, 0.15) is 24.4 Å². The van der Waals surface area contributed by atoms with Crippen LogP contribution in [0.5, 0.6) is 5.75 Å². The first kappa shape index (κ1) is 27.9. The molecule has 44 heavy (non-hydrogen) atoms. The highest BCUT2D eigenvalue weighted by Gasteiger charge is 2.73. The number of hydrogen-bond acceptors (Lipinski definition) is 12. The molecule has 15 nitrogen and oxygen atoms in total. The van der Waals surface area contributed by atoms with Crippen molar-refractivity contribution in [3.63, 3.8) is 0 Å². The number of urea groups is 1. The Kier molecular flexibility index (Phi) is 5.90. The number of carbonyl (C=O) groups is 3. The van der Waals surface area contributed by atoms with Gasteiger partial charge in [-0.2, -0.15) is 0 Å². The van der Waals surface area contributed by atoms with Crippen LogP contribution in [0.4, 0.5) is 10.5 Å². The van der Waals surface area contributed by atoms with Crippen molar-refractivity contribution in [1.29, 1.82) is 0 Å². The molecule has 8 N–H and O–H groups in total. The predicted molar refractivity (Wildman–Crippen MR) is 158 cm³/mol. The highest BCUT2D eigenvalue weighted by molar-refractivity contribution is 6.12. The second-order valence-electron chi connectivity index (χ2n) is 12.3. The Morgan fingerprint density at radius 2 is 1.86 bits per heavy atom. The Hall–Kier alpha value is -4.89. The molecule has 4 atom stereocenters. The predicted octanol–water partition coefficient (Wildman–Crippen LogP) is -1.40. The maximum atomic E-state index is 13.6. The van der Waals surface area contributed by atoms with E-state index in [0.29, 0.717) is 18.0 Å². The minimum Gasteiger partial charge on any atom is -0.492 e. The molecule has 0 aromatic heterocycles. The summed E-state index contributed by atoms with van der Waals surface area (Å²) in [7, 11) is 0. The number of anilines is 1. The number of ether oxygens (including phenoxy) is 1. The third-order valence-corrected chi connectivity index (χ3v) is 9.17. The van der Waals surface area contributed by atoms with E-state index in [1.54, 1.807) is 42.5 Å². The fraction of sp³-hybridized carbons (Fsp3) is 0.414. The molecule has 15 heteroatoms. The Morgan fingerprint density at radius 1 is 1.11 bits per heavy atom. The molecule has 0 saturated carbocycles. The topological polar surface area (TPSA) is 211 Å². The zero-order valence-corrected chi connectivity index (χ0v) is 24.1. The van der Waals surface area contributed by atoms with Crippen molar-refractivity contribution in [1.82, 2.24) is 20.4 Å². The van der Waals surface area contributed by atoms with Gasteiger partial charge in [-0.15, -0.1) is 0 Å². The van der Waals surface area contributed by atoms with Crippen molar-refractivity contribution in [3.05, 3.63) is 59.7 Å². The monoisotopic (exact) mass is 603 g/mol. The van der Waals surface area contributed by atoms with Crippen LogP contribution in [-0.4, -0.2) is 106 Å². The van der Waals surface area contributed by atoms with Crippen molar-refractivity contribution in [2.75, 3.05) is 31.1 Å². The number of nitrogens with zero attached hydrogens (tertiary/aromatic N) is 5. The van der Waals surface area contributed by atoms with E-state index in [1.807, 2.05) is 19.9 Å². The van der Waals surface area contributed by atoms with Crippen molar-refractivity contribution in [2.24, 2.45) is 21.5 Å². The van der Waals surface area contributed by atoms with Crippen LogP contribution in [0.15, 0.2) is 58.5 Å². The van der Waals surface area contributed by atoms with Crippen LogP contribution < -0.4 is 31.7 Å². The molecule has 7 rings (SSSR count). The first-order valence-electron chi connectivity index (χ1n) is 14.3. The number of imide groups is 1. The highest BCUT2D eigenvalue weighted by Crippen LogP contribution is 2.46. The number of nitrogens with one attached hydrogen (secondary N) is 2. The molecule has 2 aromatic rings. The summed E-state index contributed by atoms with van der Waals surface area (Å²) >= 11 is 0. The van der Waals surface area contributed by atoms with Crippen LogP contribution in [-0.2, 0) is 10.2 Å². The second kappa shape index (κ2) is 9.30. The van der Waals surface area contributed by atoms with Gasteiger partial charge in [-0.25, -0.2) is 14.8 Å². The summed E-state index contributed by atoms with van der Waals surface area (Å²) < 4.78 is 5.86. The summed E-state index contributed by atoms with van der Waals surface area (Å²) in [5.74, 6) is -3.49. The minimum absolute atomic E-state index is 0.0995. The molecule has 0 aliphatic carbocycles. The molecule has 230 valence electrons. The molecule has 2 aromatic carbocycles. The van der Waals surface area contributed by atoms with Gasteiger partial charge in [0.25, 0.3) is 11.8 Å². The normalized spacial score (nSPS) is 29.4. The number of amides is 4. The van der Waals surface area contributed by atoms with Crippen molar-refractivity contribution >= 4 is 35.5 Å². The zero-order valence-electron chi connectivity index (χ0n) is 24.1. The van der Waals surface area contributed by atoms with Gasteiger partial charge < -0.3 is 42.0 Å². The number of benzene rings is 2. The Bertz CT molecular complexity index is 1640. The Morgan fingerprint density at radius 3 is 2.61 bits per heavy atom. The Labute approximate surface area is 252 Å². The van der Waals surface area contributed by atoms with E-state index in [1.165, 1.54) is 9.80 Å². The van der Waals surface area contributed by atoms with Crippen LogP contribution in [0.3, 0.4) is 0 Å². The molecule has 1 spiro atoms. The minimum atomic E-state index is -2.69. The summed E-state index contributed by atoms with van der Waals surface area (Å²) in [5.41, 5.74) is 12.0. The third-order valence-electron chi connectivity index (χ3n) is 9.17. The molecule has 2 saturated heterocycles. The second-order valence-corrected chi connectivity index (χ2v) is 12.3. The Balaban J connectivity index is 1.17. The first-order valence-corrected chi connectivity index (χ1v) is 14.3. The molecule has 3 unspecified atom stereocenters. The number of aliphatic hydroxyl groups is 2. The van der Waals surface area contributed by atoms with E-state index < -0.39 is 47.4 Å². The zero-order chi connectivity index (χ0) is 31.2. The van der Waals surface area contributed by atoms with E-state index >= 15 is 0 Å². The summed E-state index contributed by atoms with van der Waals surface area (Å²) in [6.07, 6.45) is 0. The van der Waals surface area contributed by atoms with Crippen molar-refractivity contribution in [3.8, 4) is 5.75 Å². The van der Waals surface area contributed by atoms with Gasteiger partial charge in [0.15, 0.2) is 17.6 Å². The summed E-state index contributed by atoms with van der Waals surface area (Å²) in [6.45, 7) is 3.87. The molecule has 0 radical (unpaired) electrons. The van der Waals surface area contributed by atoms with Crippen LogP contribution in [0.25, 0.3) is 0 Å². The van der Waals surface area contributed by atoms with Crippen molar-refractivity contribution < 1.29 is 29.3 Å². The van der Waals surface area contributed by atoms with E-state index in [2.05, 4.69) is 20.6 Å². The molecule has 0 bridgehead atoms. The van der Waals surface area contributed by atoms with Gasteiger partial charge in [-0.05, 0) is 18.2 Å². The number of fused-ring (bicyclic) bond motifs is 1. The highest BCUT2D eigenvalue weighted by atomic mass is 16.5. The fourth-order valence-corrected chi connectivity index (χ4v) is 6.92. The molecule has 5 aliphatic rings. The van der Waals surface area contributed by atoms with E-state index in [-0.39, 0.29) is 42.5 Å². The smallest absolute Gasteiger partial charge is 0.331 e. The van der Waals surface area contributed by atoms with Crippen molar-refractivity contribution in [2.45, 2.75) is 48.8 Å². The summed E-state index contributed by atoms with van der Waals surface area (Å²) in [5, 5.41) is 29.2. The SMILES string of the molecule is CC1(C)COc2c(C(=O)NC3CN4C(N)=N[C@@H](CN5C(=O)CN(c6ccccc6)C5=O)C5N=C(N)NC54C3(O)O)cccc21. The number of aliphatic imine (C=N–C) groups is 2. The van der Waals surface area contributed by atoms with Gasteiger partial charge in [0.05, 0.1) is 24.8 Å². The number of nitrogens with two attached hydrogens (primary N) is 2. The number of guanidine groups is 2. The molecule has 4 amide bonds. The van der Waals surface area contributed by atoms with E-state index in [9.17, 15) is 24.6 Å². The molecular formula is C29H33N9O6. The maximum Gasteiger partial charge on any atom is 0.331 e. The average Bonchev–Trinajstić information content (AvgIpc) is 3.66. The molecule has 5 heterocycles. The van der Waals surface area contributed by atoms with Crippen LogP contribution in [0.1, 0.15) is 29.8 Å². The van der Waals surface area contributed by atoms with Gasteiger partial charge in [-0.1, -0.05) is 44.2 Å². The lowest BCUT2D eigenvalue weighted by Gasteiger charge is -2.49. The summed E-state index contributed by atoms with van der Waals surface area (Å²) in [4.78, 5) is 52.6. The number of para-hydroxylation sites is 2. The van der Waals surface area contributed by atoms with Crippen LogP contribution >= 0.6 is 0 Å². The number of hydrogen-bond donors (Lipinski definition) is 6. The van der Waals surface area contributed by atoms with Gasteiger partial charge >= 0.3 is 6.03 Å². The molecule has 2 fully saturated rings. The summed E-state index contributed by atoms with van der Waals surface area (Å²) in [6, 6.07) is 10.1. The van der Waals surface area contributed by atoms with Gasteiger partial charge in [0, 0.05) is 23.2 Å². The lowest BCUT2D eigenvalue weighted by atomic mass is 9.84. The lowest BCUT2D eigenvalue weighted by molar-refractivity contribution is -0.230. The maximum absolute atomic E-state index is 13.6. The average molecular weight is 604 g/mol. The van der Waals surface area contributed by atoms with E-state index in [0.717, 1.165) is 10.5 Å². The van der Waals surface area contributed by atoms with E-state index in [4.69, 9.17) is 16.2 Å². The van der Waals surface area contributed by atoms with Crippen LogP contribution in [0.2, 0.25) is 0 Å². The molecule has 5 aliphatic heterocycles. The van der Waals surface area contributed by atoms with Gasteiger partial charge in [-0.3, -0.25) is 19.4 Å².